The number of carbonyl (C=O) groups excluding carboxylic acids is 2. The zero-order valence-corrected chi connectivity index (χ0v) is 13.6. The summed E-state index contributed by atoms with van der Waals surface area (Å²) in [4.78, 5) is 26.6. The summed E-state index contributed by atoms with van der Waals surface area (Å²) < 4.78 is 5.46. The molecular weight excluding hydrogens is 292 g/mol. The minimum atomic E-state index is -0.257. The number of nitrogens with zero attached hydrogens (tertiary/aromatic N) is 1. The van der Waals surface area contributed by atoms with Gasteiger partial charge in [0.15, 0.2) is 0 Å². The van der Waals surface area contributed by atoms with Gasteiger partial charge in [-0.05, 0) is 44.2 Å². The highest BCUT2D eigenvalue weighted by Gasteiger charge is 2.32. The zero-order valence-electron chi connectivity index (χ0n) is 13.6. The van der Waals surface area contributed by atoms with Gasteiger partial charge in [-0.2, -0.15) is 0 Å². The van der Waals surface area contributed by atoms with Crippen LogP contribution in [0.1, 0.15) is 31.2 Å². The lowest BCUT2D eigenvalue weighted by Crippen LogP contribution is -2.45. The van der Waals surface area contributed by atoms with E-state index in [4.69, 9.17) is 4.74 Å². The maximum Gasteiger partial charge on any atom is 0.251 e. The Balaban J connectivity index is 1.51. The molecule has 23 heavy (non-hydrogen) atoms. The highest BCUT2D eigenvalue weighted by Crippen LogP contribution is 2.23. The number of hydrogen-bond acceptors (Lipinski definition) is 3. The average Bonchev–Trinajstić information content (AvgIpc) is 3.11. The van der Waals surface area contributed by atoms with E-state index in [9.17, 15) is 9.59 Å². The van der Waals surface area contributed by atoms with Crippen molar-refractivity contribution in [2.24, 2.45) is 5.92 Å². The molecule has 5 nitrogen and oxygen atoms in total. The van der Waals surface area contributed by atoms with Crippen molar-refractivity contribution in [3.8, 4) is 0 Å². The minimum Gasteiger partial charge on any atom is -0.368 e. The van der Waals surface area contributed by atoms with Crippen LogP contribution >= 0.6 is 0 Å². The lowest BCUT2D eigenvalue weighted by molar-refractivity contribution is -0.143. The molecule has 3 rings (SSSR count). The fraction of sp³-hybridized carbons (Fsp3) is 0.556. The number of benzene rings is 1. The van der Waals surface area contributed by atoms with Crippen LogP contribution in [0.3, 0.4) is 0 Å². The van der Waals surface area contributed by atoms with Crippen LogP contribution in [0.25, 0.3) is 0 Å². The number of carbonyl (C=O) groups is 2. The van der Waals surface area contributed by atoms with Crippen molar-refractivity contribution in [2.45, 2.75) is 38.7 Å². The lowest BCUT2D eigenvalue weighted by Gasteiger charge is -2.32. The average molecular weight is 316 g/mol. The van der Waals surface area contributed by atoms with Gasteiger partial charge in [0.1, 0.15) is 6.10 Å². The fourth-order valence-electron chi connectivity index (χ4n) is 3.29. The molecule has 2 heterocycles. The quantitative estimate of drug-likeness (QED) is 0.931. The van der Waals surface area contributed by atoms with Crippen LogP contribution in [-0.2, 0) is 14.3 Å². The van der Waals surface area contributed by atoms with E-state index >= 15 is 0 Å². The van der Waals surface area contributed by atoms with Gasteiger partial charge in [-0.1, -0.05) is 18.2 Å². The highest BCUT2D eigenvalue weighted by molar-refractivity contribution is 5.93. The molecule has 0 radical (unpaired) electrons. The molecule has 0 bridgehead atoms. The predicted molar refractivity (Wildman–Crippen MR) is 88.1 cm³/mol. The molecule has 1 atom stereocenters. The first-order chi connectivity index (χ1) is 11.1. The number of amides is 2. The maximum absolute atomic E-state index is 12.4. The van der Waals surface area contributed by atoms with Crippen molar-refractivity contribution in [3.63, 3.8) is 0 Å². The van der Waals surface area contributed by atoms with E-state index in [-0.39, 0.29) is 23.8 Å². The molecule has 2 fully saturated rings. The normalized spacial score (nSPS) is 22.1. The summed E-state index contributed by atoms with van der Waals surface area (Å²) in [6.07, 6.45) is 2.97. The first-order valence-electron chi connectivity index (χ1n) is 8.42. The van der Waals surface area contributed by atoms with Crippen LogP contribution in [0, 0.1) is 12.8 Å². The van der Waals surface area contributed by atoms with Gasteiger partial charge in [-0.25, -0.2) is 0 Å². The minimum absolute atomic E-state index is 0.0249. The van der Waals surface area contributed by atoms with Gasteiger partial charge in [0.2, 0.25) is 5.91 Å². The SMILES string of the molecule is Cc1ccccc1NC(=O)C1CCN(C(=O)C2CCCO2)CC1. The third kappa shape index (κ3) is 3.72. The number of likely N-dealkylation sites (tertiary alicyclic amines) is 1. The van der Waals surface area contributed by atoms with E-state index in [1.165, 1.54) is 0 Å². The van der Waals surface area contributed by atoms with Crippen LogP contribution in [0.5, 0.6) is 0 Å². The van der Waals surface area contributed by atoms with Crippen molar-refractivity contribution in [3.05, 3.63) is 29.8 Å². The monoisotopic (exact) mass is 316 g/mol. The van der Waals surface area contributed by atoms with Crippen LogP contribution < -0.4 is 5.32 Å². The Morgan fingerprint density at radius 3 is 2.57 bits per heavy atom. The van der Waals surface area contributed by atoms with Crippen molar-refractivity contribution >= 4 is 17.5 Å². The molecule has 1 unspecified atom stereocenters. The first-order valence-corrected chi connectivity index (χ1v) is 8.42. The number of anilines is 1. The second kappa shape index (κ2) is 7.13. The Kier molecular flexibility index (Phi) is 4.96. The highest BCUT2D eigenvalue weighted by atomic mass is 16.5. The van der Waals surface area contributed by atoms with E-state index in [1.54, 1.807) is 0 Å². The molecule has 0 aromatic heterocycles. The van der Waals surface area contributed by atoms with E-state index < -0.39 is 0 Å². The lowest BCUT2D eigenvalue weighted by atomic mass is 9.95. The van der Waals surface area contributed by atoms with Crippen LogP contribution in [0.2, 0.25) is 0 Å². The number of rotatable bonds is 3. The van der Waals surface area contributed by atoms with Gasteiger partial charge in [0.05, 0.1) is 0 Å². The van der Waals surface area contributed by atoms with E-state index in [2.05, 4.69) is 5.32 Å². The third-order valence-electron chi connectivity index (χ3n) is 4.79. The summed E-state index contributed by atoms with van der Waals surface area (Å²) in [5.74, 6) is 0.131. The van der Waals surface area contributed by atoms with Gasteiger partial charge < -0.3 is 15.0 Å². The van der Waals surface area contributed by atoms with E-state index in [0.717, 1.165) is 36.9 Å². The zero-order chi connectivity index (χ0) is 16.2. The van der Waals surface area contributed by atoms with Crippen LogP contribution in [-0.4, -0.2) is 42.5 Å². The third-order valence-corrected chi connectivity index (χ3v) is 4.79. The Bertz CT molecular complexity index is 573. The number of aryl methyl sites for hydroxylation is 1. The topological polar surface area (TPSA) is 58.6 Å². The molecule has 2 saturated heterocycles. The molecule has 0 spiro atoms. The Morgan fingerprint density at radius 2 is 1.91 bits per heavy atom. The van der Waals surface area contributed by atoms with Gasteiger partial charge in [0.25, 0.3) is 5.91 Å². The van der Waals surface area contributed by atoms with Gasteiger partial charge >= 0.3 is 0 Å². The maximum atomic E-state index is 12.4. The molecule has 1 N–H and O–H groups in total. The number of ether oxygens (including phenoxy) is 1. The molecule has 1 aromatic carbocycles. The fourth-order valence-corrected chi connectivity index (χ4v) is 3.29. The molecule has 0 saturated carbocycles. The summed E-state index contributed by atoms with van der Waals surface area (Å²) in [6, 6.07) is 7.79. The standard InChI is InChI=1S/C18H24N2O3/c1-13-5-2-3-6-15(13)19-17(21)14-8-10-20(11-9-14)18(22)16-7-4-12-23-16/h2-3,5-6,14,16H,4,7-12H2,1H3,(H,19,21). The predicted octanol–water partition coefficient (Wildman–Crippen LogP) is 2.35. The van der Waals surface area contributed by atoms with Crippen molar-refractivity contribution in [1.29, 1.82) is 0 Å². The second-order valence-electron chi connectivity index (χ2n) is 6.41. The van der Waals surface area contributed by atoms with Gasteiger partial charge in [-0.15, -0.1) is 0 Å². The molecule has 5 heteroatoms. The smallest absolute Gasteiger partial charge is 0.251 e. The largest absolute Gasteiger partial charge is 0.368 e. The van der Waals surface area contributed by atoms with E-state index in [0.29, 0.717) is 19.7 Å². The summed E-state index contributed by atoms with van der Waals surface area (Å²) >= 11 is 0. The van der Waals surface area contributed by atoms with Crippen molar-refractivity contribution < 1.29 is 14.3 Å². The molecule has 124 valence electrons. The summed E-state index contributed by atoms with van der Waals surface area (Å²) in [6.45, 7) is 3.96. The van der Waals surface area contributed by atoms with Crippen molar-refractivity contribution in [2.75, 3.05) is 25.0 Å². The molecule has 1 aromatic rings. The Hall–Kier alpha value is -1.88. The molecule has 0 aliphatic carbocycles. The second-order valence-corrected chi connectivity index (χ2v) is 6.41. The number of para-hydroxylation sites is 1. The Labute approximate surface area is 137 Å². The first kappa shape index (κ1) is 16.0. The number of nitrogens with one attached hydrogen (secondary N) is 1. The van der Waals surface area contributed by atoms with Gasteiger partial charge in [0, 0.05) is 31.3 Å². The van der Waals surface area contributed by atoms with Gasteiger partial charge in [-0.3, -0.25) is 9.59 Å². The number of hydrogen-bond donors (Lipinski definition) is 1. The summed E-state index contributed by atoms with van der Waals surface area (Å²) in [5.41, 5.74) is 1.93. The van der Waals surface area contributed by atoms with Crippen LogP contribution in [0.15, 0.2) is 24.3 Å². The molecule has 2 aliphatic heterocycles. The Morgan fingerprint density at radius 1 is 1.17 bits per heavy atom. The number of piperidine rings is 1. The van der Waals surface area contributed by atoms with Crippen LogP contribution in [0.4, 0.5) is 5.69 Å². The summed E-state index contributed by atoms with van der Waals surface area (Å²) in [7, 11) is 0. The van der Waals surface area contributed by atoms with Crippen molar-refractivity contribution in [1.82, 2.24) is 4.90 Å². The summed E-state index contributed by atoms with van der Waals surface area (Å²) in [5, 5.41) is 3.01. The molecule has 2 aliphatic rings. The molecule has 2 amide bonds. The van der Waals surface area contributed by atoms with E-state index in [1.807, 2.05) is 36.1 Å². The molecular formula is C18H24N2O3.